The normalized spacial score (nSPS) is 12.0. The topological polar surface area (TPSA) is 75.4 Å². The van der Waals surface area contributed by atoms with E-state index >= 15 is 0 Å². The maximum atomic E-state index is 11.6. The van der Waals surface area contributed by atoms with E-state index in [-0.39, 0.29) is 11.8 Å². The van der Waals surface area contributed by atoms with Crippen molar-refractivity contribution in [2.24, 2.45) is 11.7 Å². The Morgan fingerprint density at radius 1 is 1.22 bits per heavy atom. The lowest BCUT2D eigenvalue weighted by Crippen LogP contribution is -2.30. The Bertz CT molecular complexity index is 255. The van der Waals surface area contributed by atoms with E-state index in [4.69, 9.17) is 5.73 Å². The molecule has 0 aliphatic rings. The largest absolute Gasteiger partial charge is 0.356 e. The fourth-order valence-corrected chi connectivity index (χ4v) is 1.74. The van der Waals surface area contributed by atoms with Crippen LogP contribution in [0.4, 0.5) is 0 Å². The van der Waals surface area contributed by atoms with Gasteiger partial charge >= 0.3 is 0 Å². The van der Waals surface area contributed by atoms with Crippen LogP contribution < -0.4 is 11.1 Å². The van der Waals surface area contributed by atoms with Gasteiger partial charge in [0.25, 0.3) is 0 Å². The fourth-order valence-electron chi connectivity index (χ4n) is 1.74. The van der Waals surface area contributed by atoms with Gasteiger partial charge in [0.15, 0.2) is 0 Å². The Hall–Kier alpha value is -1.10. The van der Waals surface area contributed by atoms with Crippen molar-refractivity contribution in [3.63, 3.8) is 0 Å². The molecule has 3 N–H and O–H groups in total. The number of carbonyl (C=O) groups is 2. The van der Waals surface area contributed by atoms with E-state index in [1.807, 2.05) is 0 Å². The quantitative estimate of drug-likeness (QED) is 0.639. The minimum Gasteiger partial charge on any atom is -0.356 e. The number of carbonyl (C=O) groups excluding carboxylic acids is 2. The number of hydrogen-bond donors (Lipinski definition) is 2. The summed E-state index contributed by atoms with van der Waals surface area (Å²) in [7, 11) is 3.42. The van der Waals surface area contributed by atoms with E-state index in [0.29, 0.717) is 31.8 Å². The molecule has 0 aliphatic heterocycles. The molecule has 5 nitrogen and oxygen atoms in total. The Morgan fingerprint density at radius 2 is 1.89 bits per heavy atom. The Balaban J connectivity index is 3.68. The molecule has 0 heterocycles. The summed E-state index contributed by atoms with van der Waals surface area (Å²) in [4.78, 5) is 24.4. The number of rotatable bonds is 9. The van der Waals surface area contributed by atoms with Gasteiger partial charge in [-0.3, -0.25) is 9.59 Å². The van der Waals surface area contributed by atoms with Gasteiger partial charge < -0.3 is 16.0 Å². The third-order valence-corrected chi connectivity index (χ3v) is 3.09. The van der Waals surface area contributed by atoms with Crippen LogP contribution in [0.25, 0.3) is 0 Å². The third kappa shape index (κ3) is 8.06. The van der Waals surface area contributed by atoms with E-state index in [2.05, 4.69) is 12.2 Å². The number of nitrogens with zero attached hydrogens (tertiary/aromatic N) is 1. The molecular weight excluding hydrogens is 230 g/mol. The van der Waals surface area contributed by atoms with Crippen LogP contribution in [0.15, 0.2) is 0 Å². The molecule has 0 rings (SSSR count). The van der Waals surface area contributed by atoms with E-state index in [1.54, 1.807) is 14.1 Å². The van der Waals surface area contributed by atoms with Crippen molar-refractivity contribution in [3.05, 3.63) is 0 Å². The van der Waals surface area contributed by atoms with Crippen molar-refractivity contribution < 1.29 is 9.59 Å². The zero-order chi connectivity index (χ0) is 14.0. The van der Waals surface area contributed by atoms with Gasteiger partial charge in [-0.15, -0.1) is 0 Å². The Labute approximate surface area is 110 Å². The minimum absolute atomic E-state index is 0.0250. The molecule has 1 atom stereocenters. The number of amides is 2. The molecule has 0 aromatic carbocycles. The number of nitrogens with one attached hydrogen (secondary N) is 1. The summed E-state index contributed by atoms with van der Waals surface area (Å²) in [5.41, 5.74) is 5.51. The molecule has 1 unspecified atom stereocenters. The van der Waals surface area contributed by atoms with Gasteiger partial charge in [-0.25, -0.2) is 0 Å². The van der Waals surface area contributed by atoms with Gasteiger partial charge in [-0.2, -0.15) is 0 Å². The molecule has 0 radical (unpaired) electrons. The average molecular weight is 257 g/mol. The predicted octanol–water partition coefficient (Wildman–Crippen LogP) is 0.736. The molecule has 0 saturated heterocycles. The second-order valence-corrected chi connectivity index (χ2v) is 4.78. The Morgan fingerprint density at radius 3 is 2.39 bits per heavy atom. The molecule has 0 aliphatic carbocycles. The van der Waals surface area contributed by atoms with Crippen LogP contribution in [0.2, 0.25) is 0 Å². The maximum Gasteiger partial charge on any atom is 0.223 e. The molecule has 0 saturated carbocycles. The first-order valence-electron chi connectivity index (χ1n) is 6.68. The van der Waals surface area contributed by atoms with Crippen LogP contribution in [0.5, 0.6) is 0 Å². The molecule has 2 amide bonds. The van der Waals surface area contributed by atoms with Crippen molar-refractivity contribution in [1.29, 1.82) is 0 Å². The standard InChI is InChI=1S/C13H27N3O2/c1-4-11(7-9-14)5-6-12(17)15-10-8-13(18)16(2)3/h11H,4-10,14H2,1-3H3,(H,15,17). The van der Waals surface area contributed by atoms with Gasteiger partial charge in [0.05, 0.1) is 0 Å². The van der Waals surface area contributed by atoms with Crippen LogP contribution in [-0.4, -0.2) is 43.9 Å². The lowest BCUT2D eigenvalue weighted by Gasteiger charge is -2.13. The van der Waals surface area contributed by atoms with E-state index < -0.39 is 0 Å². The van der Waals surface area contributed by atoms with Gasteiger partial charge in [0.2, 0.25) is 11.8 Å². The molecule has 18 heavy (non-hydrogen) atoms. The van der Waals surface area contributed by atoms with Crippen LogP contribution in [-0.2, 0) is 9.59 Å². The highest BCUT2D eigenvalue weighted by Gasteiger charge is 2.09. The minimum atomic E-state index is 0.0250. The van der Waals surface area contributed by atoms with Crippen LogP contribution in [0.3, 0.4) is 0 Å². The summed E-state index contributed by atoms with van der Waals surface area (Å²) < 4.78 is 0. The summed E-state index contributed by atoms with van der Waals surface area (Å²) in [6.45, 7) is 3.22. The highest BCUT2D eigenvalue weighted by Crippen LogP contribution is 2.14. The highest BCUT2D eigenvalue weighted by atomic mass is 16.2. The number of hydrogen-bond acceptors (Lipinski definition) is 3. The van der Waals surface area contributed by atoms with Crippen molar-refractivity contribution in [1.82, 2.24) is 10.2 Å². The first kappa shape index (κ1) is 16.9. The van der Waals surface area contributed by atoms with Crippen LogP contribution in [0, 0.1) is 5.92 Å². The summed E-state index contributed by atoms with van der Waals surface area (Å²) >= 11 is 0. The Kier molecular flexibility index (Phi) is 9.28. The van der Waals surface area contributed by atoms with Gasteiger partial charge in [-0.1, -0.05) is 13.3 Å². The molecule has 0 spiro atoms. The zero-order valence-electron chi connectivity index (χ0n) is 11.9. The van der Waals surface area contributed by atoms with Gasteiger partial charge in [-0.05, 0) is 25.3 Å². The number of nitrogens with two attached hydrogens (primary N) is 1. The van der Waals surface area contributed by atoms with Crippen molar-refractivity contribution in [3.8, 4) is 0 Å². The van der Waals surface area contributed by atoms with Gasteiger partial charge in [0.1, 0.15) is 0 Å². The van der Waals surface area contributed by atoms with E-state index in [0.717, 1.165) is 19.3 Å². The monoisotopic (exact) mass is 257 g/mol. The molecular formula is C13H27N3O2. The smallest absolute Gasteiger partial charge is 0.223 e. The predicted molar refractivity (Wildman–Crippen MR) is 73.0 cm³/mol. The maximum absolute atomic E-state index is 11.6. The summed E-state index contributed by atoms with van der Waals surface area (Å²) in [5.74, 6) is 0.589. The second kappa shape index (κ2) is 9.88. The molecule has 0 aromatic heterocycles. The van der Waals surface area contributed by atoms with Gasteiger partial charge in [0, 0.05) is 33.5 Å². The molecule has 0 aromatic rings. The first-order valence-corrected chi connectivity index (χ1v) is 6.68. The average Bonchev–Trinajstić information content (AvgIpc) is 2.34. The van der Waals surface area contributed by atoms with E-state index in [9.17, 15) is 9.59 Å². The summed E-state index contributed by atoms with van der Waals surface area (Å²) in [5, 5.41) is 2.77. The van der Waals surface area contributed by atoms with Crippen LogP contribution in [0.1, 0.15) is 39.0 Å². The highest BCUT2D eigenvalue weighted by molar-refractivity contribution is 5.78. The van der Waals surface area contributed by atoms with Crippen LogP contribution >= 0.6 is 0 Å². The fraction of sp³-hybridized carbons (Fsp3) is 0.846. The summed E-state index contributed by atoms with van der Waals surface area (Å²) in [6.07, 6.45) is 3.79. The van der Waals surface area contributed by atoms with Crippen molar-refractivity contribution in [2.75, 3.05) is 27.2 Å². The lowest BCUT2D eigenvalue weighted by atomic mass is 9.96. The molecule has 0 fully saturated rings. The zero-order valence-corrected chi connectivity index (χ0v) is 11.9. The molecule has 0 bridgehead atoms. The SMILES string of the molecule is CCC(CCN)CCC(=O)NCCC(=O)N(C)C. The summed E-state index contributed by atoms with van der Waals surface area (Å²) in [6, 6.07) is 0. The first-order chi connectivity index (χ1) is 8.51. The lowest BCUT2D eigenvalue weighted by molar-refractivity contribution is -0.128. The van der Waals surface area contributed by atoms with Crippen molar-refractivity contribution in [2.45, 2.75) is 39.0 Å². The van der Waals surface area contributed by atoms with Crippen molar-refractivity contribution >= 4 is 11.8 Å². The molecule has 5 heteroatoms. The van der Waals surface area contributed by atoms with E-state index in [1.165, 1.54) is 4.90 Å². The third-order valence-electron chi connectivity index (χ3n) is 3.09. The second-order valence-electron chi connectivity index (χ2n) is 4.78. The molecule has 106 valence electrons.